The van der Waals surface area contributed by atoms with Gasteiger partial charge in [0, 0.05) is 35.8 Å². The van der Waals surface area contributed by atoms with Crippen molar-refractivity contribution in [2.75, 3.05) is 25.5 Å². The molecule has 0 aliphatic heterocycles. The van der Waals surface area contributed by atoms with Crippen LogP contribution in [0.2, 0.25) is 0 Å². The standard InChI is InChI=1S/C25H26F2N6O2.ClH/c1-15-13-16(5-6-17(15)25(34)30-10-4-3-9-28)32-23-24-31-14-19(33(24)12-11-29-23)18-7-8-20(35-2)22(27)21(18)26;/h5-8,11-14H,3-4,9-10,28H2,1-2H3,(H,29,32)(H,30,34);1H. The molecule has 0 aliphatic rings. The van der Waals surface area contributed by atoms with Crippen LogP contribution in [0.5, 0.6) is 5.75 Å². The van der Waals surface area contributed by atoms with Crippen molar-refractivity contribution < 1.29 is 18.3 Å². The summed E-state index contributed by atoms with van der Waals surface area (Å²) >= 11 is 0. The average Bonchev–Trinajstić information content (AvgIpc) is 3.28. The number of aromatic nitrogens is 3. The number of fused-ring (bicyclic) bond motifs is 1. The van der Waals surface area contributed by atoms with Gasteiger partial charge in [0.15, 0.2) is 23.0 Å². The zero-order valence-corrected chi connectivity index (χ0v) is 20.7. The number of aryl methyl sites for hydroxylation is 1. The molecule has 0 atom stereocenters. The highest BCUT2D eigenvalue weighted by molar-refractivity contribution is 5.96. The molecular formula is C25H27ClF2N6O2. The molecule has 0 unspecified atom stereocenters. The molecule has 0 aliphatic carbocycles. The Labute approximate surface area is 213 Å². The van der Waals surface area contributed by atoms with E-state index in [0.29, 0.717) is 41.5 Å². The van der Waals surface area contributed by atoms with E-state index in [1.165, 1.54) is 31.6 Å². The third-order valence-corrected chi connectivity index (χ3v) is 5.62. The molecule has 0 bridgehead atoms. The summed E-state index contributed by atoms with van der Waals surface area (Å²) in [6.45, 7) is 3.02. The maximum Gasteiger partial charge on any atom is 0.251 e. The van der Waals surface area contributed by atoms with Gasteiger partial charge in [0.2, 0.25) is 5.82 Å². The van der Waals surface area contributed by atoms with Gasteiger partial charge in [0.1, 0.15) is 0 Å². The number of benzene rings is 2. The highest BCUT2D eigenvalue weighted by Crippen LogP contribution is 2.31. The first-order valence-corrected chi connectivity index (χ1v) is 11.1. The highest BCUT2D eigenvalue weighted by Gasteiger charge is 2.19. The Balaban J connectivity index is 0.00000361. The predicted molar refractivity (Wildman–Crippen MR) is 137 cm³/mol. The predicted octanol–water partition coefficient (Wildman–Crippen LogP) is 4.63. The summed E-state index contributed by atoms with van der Waals surface area (Å²) < 4.78 is 35.4. The van der Waals surface area contributed by atoms with E-state index in [0.717, 1.165) is 18.4 Å². The first-order chi connectivity index (χ1) is 16.9. The second kappa shape index (κ2) is 11.8. The Morgan fingerprint density at radius 3 is 2.67 bits per heavy atom. The number of nitrogens with two attached hydrogens (primary N) is 1. The first kappa shape index (κ1) is 26.8. The fraction of sp³-hybridized carbons (Fsp3) is 0.240. The Morgan fingerprint density at radius 2 is 1.94 bits per heavy atom. The van der Waals surface area contributed by atoms with Crippen LogP contribution in [0.1, 0.15) is 28.8 Å². The number of methoxy groups -OCH3 is 1. The van der Waals surface area contributed by atoms with Crippen molar-refractivity contribution in [3.05, 3.63) is 71.7 Å². The van der Waals surface area contributed by atoms with Crippen molar-refractivity contribution in [1.82, 2.24) is 19.7 Å². The molecule has 0 saturated carbocycles. The molecule has 2 aromatic carbocycles. The van der Waals surface area contributed by atoms with Gasteiger partial charge in [0.05, 0.1) is 19.0 Å². The van der Waals surface area contributed by atoms with Crippen molar-refractivity contribution in [2.45, 2.75) is 19.8 Å². The van der Waals surface area contributed by atoms with Crippen LogP contribution in [0.3, 0.4) is 0 Å². The number of ether oxygens (including phenoxy) is 1. The SMILES string of the molecule is COc1ccc(-c2cnc3c(Nc4ccc(C(=O)NCCCCN)c(C)c4)nccn23)c(F)c1F.Cl. The lowest BCUT2D eigenvalue weighted by molar-refractivity contribution is 0.0952. The molecule has 8 nitrogen and oxygen atoms in total. The van der Waals surface area contributed by atoms with E-state index in [1.807, 2.05) is 13.0 Å². The first-order valence-electron chi connectivity index (χ1n) is 11.1. The topological polar surface area (TPSA) is 107 Å². The number of amides is 1. The number of hydrogen-bond donors (Lipinski definition) is 3. The van der Waals surface area contributed by atoms with Crippen molar-refractivity contribution in [1.29, 1.82) is 0 Å². The van der Waals surface area contributed by atoms with Crippen molar-refractivity contribution >= 4 is 35.5 Å². The lowest BCUT2D eigenvalue weighted by Gasteiger charge is -2.12. The van der Waals surface area contributed by atoms with Gasteiger partial charge >= 0.3 is 0 Å². The maximum absolute atomic E-state index is 14.7. The van der Waals surface area contributed by atoms with Crippen LogP contribution in [-0.4, -0.2) is 40.5 Å². The molecule has 190 valence electrons. The molecule has 1 amide bonds. The zero-order valence-electron chi connectivity index (χ0n) is 19.8. The summed E-state index contributed by atoms with van der Waals surface area (Å²) in [5.41, 5.74) is 8.39. The van der Waals surface area contributed by atoms with E-state index in [-0.39, 0.29) is 29.6 Å². The molecule has 0 saturated heterocycles. The maximum atomic E-state index is 14.7. The summed E-state index contributed by atoms with van der Waals surface area (Å²) in [7, 11) is 1.28. The second-order valence-electron chi connectivity index (χ2n) is 7.96. The molecular weight excluding hydrogens is 490 g/mol. The van der Waals surface area contributed by atoms with Gasteiger partial charge in [-0.3, -0.25) is 9.20 Å². The Morgan fingerprint density at radius 1 is 1.14 bits per heavy atom. The second-order valence-corrected chi connectivity index (χ2v) is 7.96. The summed E-state index contributed by atoms with van der Waals surface area (Å²) in [6.07, 6.45) is 6.30. The Hall–Kier alpha value is -3.76. The van der Waals surface area contributed by atoms with Crippen molar-refractivity contribution in [3.8, 4) is 17.0 Å². The summed E-state index contributed by atoms with van der Waals surface area (Å²) in [5, 5.41) is 6.09. The Bertz CT molecular complexity index is 1380. The highest BCUT2D eigenvalue weighted by atomic mass is 35.5. The number of unbranched alkanes of at least 4 members (excludes halogenated alkanes) is 1. The quantitative estimate of drug-likeness (QED) is 0.280. The number of halogens is 3. The zero-order chi connectivity index (χ0) is 24.9. The lowest BCUT2D eigenvalue weighted by Crippen LogP contribution is -2.25. The van der Waals surface area contributed by atoms with Crippen molar-refractivity contribution in [2.24, 2.45) is 5.73 Å². The normalized spacial score (nSPS) is 10.7. The number of nitrogens with zero attached hydrogens (tertiary/aromatic N) is 3. The molecule has 11 heteroatoms. The number of hydrogen-bond acceptors (Lipinski definition) is 6. The van der Waals surface area contributed by atoms with E-state index < -0.39 is 11.6 Å². The van der Waals surface area contributed by atoms with Gasteiger partial charge in [-0.25, -0.2) is 14.4 Å². The molecule has 0 radical (unpaired) electrons. The summed E-state index contributed by atoms with van der Waals surface area (Å²) in [4.78, 5) is 21.2. The molecule has 2 heterocycles. The van der Waals surface area contributed by atoms with Crippen LogP contribution in [0.15, 0.2) is 48.9 Å². The number of nitrogens with one attached hydrogen (secondary N) is 2. The number of imidazole rings is 1. The van der Waals surface area contributed by atoms with Crippen LogP contribution in [0.4, 0.5) is 20.3 Å². The number of carbonyl (C=O) groups excluding carboxylic acids is 1. The van der Waals surface area contributed by atoms with E-state index in [2.05, 4.69) is 20.6 Å². The van der Waals surface area contributed by atoms with Crippen molar-refractivity contribution in [3.63, 3.8) is 0 Å². The third-order valence-electron chi connectivity index (χ3n) is 5.62. The number of rotatable bonds is 9. The average molecular weight is 517 g/mol. The molecule has 4 N–H and O–H groups in total. The van der Waals surface area contributed by atoms with Gasteiger partial charge in [-0.15, -0.1) is 12.4 Å². The van der Waals surface area contributed by atoms with Crippen LogP contribution < -0.4 is 21.1 Å². The molecule has 4 rings (SSSR count). The van der Waals surface area contributed by atoms with Gasteiger partial charge in [-0.1, -0.05) is 0 Å². The van der Waals surface area contributed by atoms with E-state index >= 15 is 0 Å². The molecule has 4 aromatic rings. The number of anilines is 2. The van der Waals surface area contributed by atoms with E-state index in [9.17, 15) is 13.6 Å². The van der Waals surface area contributed by atoms with Gasteiger partial charge in [-0.05, 0) is 62.2 Å². The van der Waals surface area contributed by atoms with Crippen LogP contribution in [-0.2, 0) is 0 Å². The molecule has 2 aromatic heterocycles. The molecule has 0 spiro atoms. The van der Waals surface area contributed by atoms with Crippen LogP contribution in [0, 0.1) is 18.6 Å². The summed E-state index contributed by atoms with van der Waals surface area (Å²) in [5.74, 6) is -1.98. The van der Waals surface area contributed by atoms with Crippen LogP contribution >= 0.6 is 12.4 Å². The fourth-order valence-corrected chi connectivity index (χ4v) is 3.79. The van der Waals surface area contributed by atoms with Gasteiger partial charge < -0.3 is 21.1 Å². The van der Waals surface area contributed by atoms with Gasteiger partial charge in [0.25, 0.3) is 5.91 Å². The van der Waals surface area contributed by atoms with Gasteiger partial charge in [-0.2, -0.15) is 4.39 Å². The van der Waals surface area contributed by atoms with Crippen LogP contribution in [0.25, 0.3) is 16.9 Å². The smallest absolute Gasteiger partial charge is 0.251 e. The minimum Gasteiger partial charge on any atom is -0.494 e. The molecule has 36 heavy (non-hydrogen) atoms. The fourth-order valence-electron chi connectivity index (χ4n) is 3.79. The lowest BCUT2D eigenvalue weighted by atomic mass is 10.1. The van der Waals surface area contributed by atoms with E-state index in [1.54, 1.807) is 22.7 Å². The minimum atomic E-state index is -1.06. The number of carbonyl (C=O) groups is 1. The minimum absolute atomic E-state index is 0. The van der Waals surface area contributed by atoms with E-state index in [4.69, 9.17) is 10.5 Å². The third kappa shape index (κ3) is 5.39. The largest absolute Gasteiger partial charge is 0.494 e. The monoisotopic (exact) mass is 516 g/mol. The molecule has 0 fully saturated rings. The Kier molecular flexibility index (Phi) is 8.78. The summed E-state index contributed by atoms with van der Waals surface area (Å²) in [6, 6.07) is 8.16.